The number of hydrogen-bond donors (Lipinski definition) is 0. The molecule has 1 nitrogen and oxygen atoms in total. The fraction of sp³-hybridized carbons (Fsp3) is 0.286. The zero-order chi connectivity index (χ0) is 11.0. The lowest BCUT2D eigenvalue weighted by molar-refractivity contribution is 0.113. The van der Waals surface area contributed by atoms with Gasteiger partial charge in [0, 0.05) is 17.2 Å². The van der Waals surface area contributed by atoms with Gasteiger partial charge in [0.05, 0.1) is 6.10 Å². The minimum Gasteiger partial charge on any atom is -0.373 e. The molecule has 1 heterocycles. The molecule has 1 fully saturated rings. The third-order valence-electron chi connectivity index (χ3n) is 3.17. The average molecular weight is 233 g/mol. The second kappa shape index (κ2) is 4.08. The number of halogens is 1. The molecule has 1 saturated heterocycles. The Morgan fingerprint density at radius 1 is 1.12 bits per heavy atom. The predicted octanol–water partition coefficient (Wildman–Crippen LogP) is 4.34. The Balaban J connectivity index is 2.23. The van der Waals surface area contributed by atoms with E-state index in [4.69, 9.17) is 16.3 Å². The van der Waals surface area contributed by atoms with Crippen LogP contribution in [0.4, 0.5) is 0 Å². The highest BCUT2D eigenvalue weighted by atomic mass is 35.5. The zero-order valence-electron chi connectivity index (χ0n) is 8.95. The summed E-state index contributed by atoms with van der Waals surface area (Å²) < 4.78 is 5.74. The fourth-order valence-corrected chi connectivity index (χ4v) is 2.69. The second-order valence-electron chi connectivity index (χ2n) is 4.18. The van der Waals surface area contributed by atoms with E-state index in [9.17, 15) is 0 Å². The summed E-state index contributed by atoms with van der Waals surface area (Å²) in [6, 6.07) is 12.4. The summed E-state index contributed by atoms with van der Waals surface area (Å²) in [5.74, 6) is 0. The molecule has 0 spiro atoms. The molecule has 0 bridgehead atoms. The molecule has 0 N–H and O–H groups in total. The predicted molar refractivity (Wildman–Crippen MR) is 66.9 cm³/mol. The van der Waals surface area contributed by atoms with E-state index in [0.29, 0.717) is 0 Å². The Morgan fingerprint density at radius 3 is 2.81 bits per heavy atom. The normalized spacial score (nSPS) is 20.4. The third-order valence-corrected chi connectivity index (χ3v) is 3.50. The van der Waals surface area contributed by atoms with Gasteiger partial charge in [-0.05, 0) is 29.7 Å². The van der Waals surface area contributed by atoms with Crippen molar-refractivity contribution < 1.29 is 4.74 Å². The first kappa shape index (κ1) is 10.1. The van der Waals surface area contributed by atoms with Crippen molar-refractivity contribution in [3.63, 3.8) is 0 Å². The summed E-state index contributed by atoms with van der Waals surface area (Å²) in [4.78, 5) is 0. The smallest absolute Gasteiger partial charge is 0.0846 e. The lowest BCUT2D eigenvalue weighted by Gasteiger charge is -2.14. The summed E-state index contributed by atoms with van der Waals surface area (Å²) in [7, 11) is 0. The van der Waals surface area contributed by atoms with Gasteiger partial charge in [-0.15, -0.1) is 0 Å². The first-order valence-corrected chi connectivity index (χ1v) is 6.03. The van der Waals surface area contributed by atoms with E-state index in [2.05, 4.69) is 30.3 Å². The van der Waals surface area contributed by atoms with Crippen LogP contribution in [0.15, 0.2) is 36.4 Å². The van der Waals surface area contributed by atoms with Gasteiger partial charge in [-0.2, -0.15) is 0 Å². The van der Waals surface area contributed by atoms with Crippen LogP contribution < -0.4 is 0 Å². The van der Waals surface area contributed by atoms with Gasteiger partial charge < -0.3 is 4.74 Å². The number of hydrogen-bond acceptors (Lipinski definition) is 1. The Morgan fingerprint density at radius 2 is 2.00 bits per heavy atom. The largest absolute Gasteiger partial charge is 0.373 e. The Kier molecular flexibility index (Phi) is 2.58. The summed E-state index contributed by atoms with van der Waals surface area (Å²) in [6.45, 7) is 0.851. The summed E-state index contributed by atoms with van der Waals surface area (Å²) in [5, 5.41) is 3.28. The lowest BCUT2D eigenvalue weighted by atomic mass is 9.99. The molecule has 0 radical (unpaired) electrons. The molecule has 0 aromatic heterocycles. The maximum absolute atomic E-state index is 6.30. The molecule has 16 heavy (non-hydrogen) atoms. The number of rotatable bonds is 1. The van der Waals surface area contributed by atoms with Gasteiger partial charge in [-0.1, -0.05) is 41.9 Å². The van der Waals surface area contributed by atoms with E-state index < -0.39 is 0 Å². The molecule has 1 aliphatic rings. The number of ether oxygens (including phenoxy) is 1. The Bertz CT molecular complexity index is 515. The zero-order valence-corrected chi connectivity index (χ0v) is 9.70. The molecule has 2 aromatic rings. The lowest BCUT2D eigenvalue weighted by Crippen LogP contribution is -1.98. The Hall–Kier alpha value is -1.05. The van der Waals surface area contributed by atoms with Crippen molar-refractivity contribution >= 4 is 22.4 Å². The molecular formula is C14H13ClO. The van der Waals surface area contributed by atoms with Crippen LogP contribution in [-0.4, -0.2) is 6.61 Å². The van der Waals surface area contributed by atoms with Crippen molar-refractivity contribution in [1.29, 1.82) is 0 Å². The van der Waals surface area contributed by atoms with Crippen LogP contribution in [0.5, 0.6) is 0 Å². The van der Waals surface area contributed by atoms with Crippen molar-refractivity contribution in [1.82, 2.24) is 0 Å². The van der Waals surface area contributed by atoms with Crippen molar-refractivity contribution in [3.8, 4) is 0 Å². The van der Waals surface area contributed by atoms with Gasteiger partial charge in [0.2, 0.25) is 0 Å². The van der Waals surface area contributed by atoms with E-state index in [1.165, 1.54) is 10.8 Å². The minimum atomic E-state index is 0.179. The highest BCUT2D eigenvalue weighted by molar-refractivity contribution is 6.32. The van der Waals surface area contributed by atoms with Crippen LogP contribution in [-0.2, 0) is 4.74 Å². The maximum Gasteiger partial charge on any atom is 0.0846 e. The standard InChI is InChI=1S/C14H13ClO/c15-12-8-7-10-4-1-2-5-11(10)14(12)13-6-3-9-16-13/h1-2,4-5,7-8,13H,3,6,9H2. The van der Waals surface area contributed by atoms with Crippen LogP contribution in [0.25, 0.3) is 10.8 Å². The first-order chi connectivity index (χ1) is 7.86. The first-order valence-electron chi connectivity index (χ1n) is 5.65. The van der Waals surface area contributed by atoms with Crippen LogP contribution in [0.3, 0.4) is 0 Å². The van der Waals surface area contributed by atoms with E-state index in [0.717, 1.165) is 30.0 Å². The third kappa shape index (κ3) is 1.60. The highest BCUT2D eigenvalue weighted by Gasteiger charge is 2.22. The van der Waals surface area contributed by atoms with Gasteiger partial charge in [0.25, 0.3) is 0 Å². The van der Waals surface area contributed by atoms with Crippen molar-refractivity contribution in [2.45, 2.75) is 18.9 Å². The molecule has 3 rings (SSSR count). The second-order valence-corrected chi connectivity index (χ2v) is 4.59. The van der Waals surface area contributed by atoms with Gasteiger partial charge in [0.1, 0.15) is 0 Å². The minimum absolute atomic E-state index is 0.179. The highest BCUT2D eigenvalue weighted by Crippen LogP contribution is 2.37. The molecule has 1 atom stereocenters. The Labute approximate surface area is 100.0 Å². The van der Waals surface area contributed by atoms with Crippen LogP contribution in [0, 0.1) is 0 Å². The monoisotopic (exact) mass is 232 g/mol. The SMILES string of the molecule is Clc1ccc2ccccc2c1C1CCCO1. The van der Waals surface area contributed by atoms with Crippen LogP contribution in [0.1, 0.15) is 24.5 Å². The van der Waals surface area contributed by atoms with Gasteiger partial charge >= 0.3 is 0 Å². The van der Waals surface area contributed by atoms with Crippen molar-refractivity contribution in [3.05, 3.63) is 47.0 Å². The summed E-state index contributed by atoms with van der Waals surface area (Å²) in [5.41, 5.74) is 1.16. The van der Waals surface area contributed by atoms with Crippen molar-refractivity contribution in [2.24, 2.45) is 0 Å². The molecule has 0 amide bonds. The van der Waals surface area contributed by atoms with E-state index in [1.807, 2.05) is 6.07 Å². The number of benzene rings is 2. The average Bonchev–Trinajstić information content (AvgIpc) is 2.82. The summed E-state index contributed by atoms with van der Waals surface area (Å²) >= 11 is 6.30. The molecule has 0 saturated carbocycles. The number of fused-ring (bicyclic) bond motifs is 1. The molecular weight excluding hydrogens is 220 g/mol. The quantitative estimate of drug-likeness (QED) is 0.711. The van der Waals surface area contributed by atoms with E-state index in [-0.39, 0.29) is 6.10 Å². The van der Waals surface area contributed by atoms with Gasteiger partial charge in [-0.3, -0.25) is 0 Å². The van der Waals surface area contributed by atoms with E-state index in [1.54, 1.807) is 0 Å². The van der Waals surface area contributed by atoms with Gasteiger partial charge in [0.15, 0.2) is 0 Å². The topological polar surface area (TPSA) is 9.23 Å². The molecule has 82 valence electrons. The van der Waals surface area contributed by atoms with Crippen LogP contribution in [0.2, 0.25) is 5.02 Å². The fourth-order valence-electron chi connectivity index (χ4n) is 2.40. The van der Waals surface area contributed by atoms with Gasteiger partial charge in [-0.25, -0.2) is 0 Å². The summed E-state index contributed by atoms with van der Waals surface area (Å²) in [6.07, 6.45) is 2.39. The molecule has 2 heteroatoms. The van der Waals surface area contributed by atoms with Crippen LogP contribution >= 0.6 is 11.6 Å². The molecule has 1 unspecified atom stereocenters. The molecule has 1 aliphatic heterocycles. The van der Waals surface area contributed by atoms with Crippen molar-refractivity contribution in [2.75, 3.05) is 6.61 Å². The molecule has 2 aromatic carbocycles. The van der Waals surface area contributed by atoms with E-state index >= 15 is 0 Å². The maximum atomic E-state index is 6.30. The molecule has 0 aliphatic carbocycles.